The van der Waals surface area contributed by atoms with Crippen molar-refractivity contribution in [2.75, 3.05) is 6.54 Å². The van der Waals surface area contributed by atoms with Crippen molar-refractivity contribution in [1.82, 2.24) is 4.31 Å². The molecular weight excluding hydrogens is 458 g/mol. The molecule has 1 atom stereocenters. The Labute approximate surface area is 169 Å². The third-order valence-electron chi connectivity index (χ3n) is 4.33. The smallest absolute Gasteiger partial charge is 0.386 e. The van der Waals surface area contributed by atoms with E-state index in [1.54, 1.807) is 12.1 Å². The van der Waals surface area contributed by atoms with Gasteiger partial charge in [0.15, 0.2) is 5.75 Å². The number of hydrogen-bond acceptors (Lipinski definition) is 5. The molecule has 0 bridgehead atoms. The maximum atomic E-state index is 12.7. The molecule has 0 saturated carbocycles. The van der Waals surface area contributed by atoms with Gasteiger partial charge in [0, 0.05) is 17.1 Å². The van der Waals surface area contributed by atoms with Gasteiger partial charge in [-0.3, -0.25) is 0 Å². The van der Waals surface area contributed by atoms with Crippen LogP contribution >= 0.6 is 27.5 Å². The van der Waals surface area contributed by atoms with Crippen molar-refractivity contribution in [3.05, 3.63) is 74.7 Å². The highest BCUT2D eigenvalue weighted by Gasteiger charge is 2.47. The van der Waals surface area contributed by atoms with Crippen LogP contribution in [0, 0.1) is 0 Å². The van der Waals surface area contributed by atoms with Gasteiger partial charge in [-0.2, -0.15) is 12.7 Å². The molecule has 4 rings (SSSR count). The first-order chi connectivity index (χ1) is 12.9. The van der Waals surface area contributed by atoms with E-state index in [0.717, 1.165) is 9.87 Å². The lowest BCUT2D eigenvalue weighted by atomic mass is 10.00. The number of ether oxygens (including phenoxy) is 1. The van der Waals surface area contributed by atoms with E-state index in [9.17, 15) is 13.2 Å². The predicted molar refractivity (Wildman–Crippen MR) is 102 cm³/mol. The molecule has 0 spiro atoms. The fraction of sp³-hybridized carbons (Fsp3) is 0.167. The second-order valence-electron chi connectivity index (χ2n) is 6.04. The first kappa shape index (κ1) is 18.5. The minimum atomic E-state index is -4.04. The molecule has 2 aromatic rings. The van der Waals surface area contributed by atoms with E-state index in [0.29, 0.717) is 15.1 Å². The standard InChI is InChI=1S/C18H13BrClNO5S/c19-15-9-12(20)8-14-16-13(6-7-21(16)27(23,24)26-17(14)15)18(22)25-10-11-4-2-1-3-5-11/h1-6,8-9,16H,7,10H2. The highest BCUT2D eigenvalue weighted by Crippen LogP contribution is 2.48. The van der Waals surface area contributed by atoms with Crippen LogP contribution in [0.2, 0.25) is 5.02 Å². The minimum absolute atomic E-state index is 0.0202. The summed E-state index contributed by atoms with van der Waals surface area (Å²) in [4.78, 5) is 12.7. The first-order valence-electron chi connectivity index (χ1n) is 7.98. The van der Waals surface area contributed by atoms with E-state index in [1.165, 1.54) is 6.07 Å². The van der Waals surface area contributed by atoms with Crippen LogP contribution in [0.25, 0.3) is 0 Å². The van der Waals surface area contributed by atoms with Gasteiger partial charge in [0.2, 0.25) is 0 Å². The molecule has 27 heavy (non-hydrogen) atoms. The summed E-state index contributed by atoms with van der Waals surface area (Å²) in [6, 6.07) is 11.5. The van der Waals surface area contributed by atoms with Gasteiger partial charge in [-0.25, -0.2) is 4.79 Å². The minimum Gasteiger partial charge on any atom is -0.457 e. The molecule has 0 aromatic heterocycles. The largest absolute Gasteiger partial charge is 0.457 e. The van der Waals surface area contributed by atoms with E-state index in [1.807, 2.05) is 30.3 Å². The van der Waals surface area contributed by atoms with Crippen LogP contribution in [0.4, 0.5) is 0 Å². The molecule has 2 aromatic carbocycles. The summed E-state index contributed by atoms with van der Waals surface area (Å²) in [5, 5.41) is 0.396. The normalized spacial score (nSPS) is 20.2. The van der Waals surface area contributed by atoms with Gasteiger partial charge in [0.1, 0.15) is 6.61 Å². The van der Waals surface area contributed by atoms with Crippen LogP contribution in [0.3, 0.4) is 0 Å². The maximum Gasteiger partial charge on any atom is 0.386 e. The predicted octanol–water partition coefficient (Wildman–Crippen LogP) is 3.77. The van der Waals surface area contributed by atoms with Gasteiger partial charge in [-0.1, -0.05) is 48.0 Å². The molecule has 0 amide bonds. The summed E-state index contributed by atoms with van der Waals surface area (Å²) in [6.45, 7) is 0.116. The van der Waals surface area contributed by atoms with Crippen LogP contribution in [-0.4, -0.2) is 25.2 Å². The van der Waals surface area contributed by atoms with Crippen LogP contribution < -0.4 is 4.18 Å². The molecule has 2 aliphatic rings. The van der Waals surface area contributed by atoms with Crippen molar-refractivity contribution >= 4 is 43.8 Å². The van der Waals surface area contributed by atoms with E-state index in [-0.39, 0.29) is 24.5 Å². The summed E-state index contributed by atoms with van der Waals surface area (Å²) in [6.07, 6.45) is 1.54. The second kappa shape index (κ2) is 6.94. The number of esters is 1. The third-order valence-corrected chi connectivity index (χ3v) is 6.45. The number of fused-ring (bicyclic) bond motifs is 3. The van der Waals surface area contributed by atoms with E-state index >= 15 is 0 Å². The summed E-state index contributed by atoms with van der Waals surface area (Å²) in [7, 11) is -4.04. The number of nitrogens with zero attached hydrogens (tertiary/aromatic N) is 1. The molecule has 0 aliphatic carbocycles. The average molecular weight is 471 g/mol. The van der Waals surface area contributed by atoms with Gasteiger partial charge in [-0.05, 0) is 33.6 Å². The van der Waals surface area contributed by atoms with Crippen molar-refractivity contribution in [2.24, 2.45) is 0 Å². The maximum absolute atomic E-state index is 12.7. The SMILES string of the molecule is O=C(OCc1ccccc1)C1=CCN2C1c1cc(Cl)cc(Br)c1OS2(=O)=O. The Morgan fingerprint density at radius 3 is 2.78 bits per heavy atom. The molecule has 140 valence electrons. The highest BCUT2D eigenvalue weighted by atomic mass is 79.9. The van der Waals surface area contributed by atoms with E-state index in [4.69, 9.17) is 20.5 Å². The van der Waals surface area contributed by atoms with Crippen LogP contribution in [0.5, 0.6) is 5.75 Å². The molecule has 0 saturated heterocycles. The second-order valence-corrected chi connectivity index (χ2v) is 8.82. The summed E-state index contributed by atoms with van der Waals surface area (Å²) in [5.41, 5.74) is 1.57. The van der Waals surface area contributed by atoms with E-state index in [2.05, 4.69) is 15.9 Å². The summed E-state index contributed by atoms with van der Waals surface area (Å²) in [5.74, 6) is -0.449. The first-order valence-corrected chi connectivity index (χ1v) is 10.5. The number of hydrogen-bond donors (Lipinski definition) is 0. The number of halogens is 2. The van der Waals surface area contributed by atoms with Crippen molar-refractivity contribution in [1.29, 1.82) is 0 Å². The molecule has 9 heteroatoms. The molecule has 6 nitrogen and oxygen atoms in total. The number of carbonyl (C=O) groups is 1. The fourth-order valence-electron chi connectivity index (χ4n) is 3.13. The van der Waals surface area contributed by atoms with Crippen molar-refractivity contribution in [3.8, 4) is 5.75 Å². The number of benzene rings is 2. The fourth-order valence-corrected chi connectivity index (χ4v) is 5.39. The van der Waals surface area contributed by atoms with Gasteiger partial charge < -0.3 is 8.92 Å². The zero-order chi connectivity index (χ0) is 19.2. The van der Waals surface area contributed by atoms with Crippen LogP contribution in [0.1, 0.15) is 17.2 Å². The Hall–Kier alpha value is -1.87. The zero-order valence-electron chi connectivity index (χ0n) is 13.8. The highest BCUT2D eigenvalue weighted by molar-refractivity contribution is 9.10. The lowest BCUT2D eigenvalue weighted by Gasteiger charge is -2.32. The zero-order valence-corrected chi connectivity index (χ0v) is 16.9. The molecule has 2 aliphatic heterocycles. The summed E-state index contributed by atoms with van der Waals surface area (Å²) >= 11 is 9.39. The Morgan fingerprint density at radius 1 is 1.30 bits per heavy atom. The molecule has 0 fully saturated rings. The number of carbonyl (C=O) groups excluding carboxylic acids is 1. The molecular formula is C18H13BrClNO5S. The van der Waals surface area contributed by atoms with Gasteiger partial charge in [-0.15, -0.1) is 0 Å². The Balaban J connectivity index is 1.67. The van der Waals surface area contributed by atoms with Gasteiger partial charge in [0.05, 0.1) is 16.1 Å². The Kier molecular flexibility index (Phi) is 4.75. The van der Waals surface area contributed by atoms with Crippen molar-refractivity contribution < 1.29 is 22.1 Å². The average Bonchev–Trinajstić information content (AvgIpc) is 3.08. The molecule has 2 heterocycles. The quantitative estimate of drug-likeness (QED) is 0.639. The molecule has 0 N–H and O–H groups in total. The molecule has 0 radical (unpaired) electrons. The molecule has 1 unspecified atom stereocenters. The third kappa shape index (κ3) is 3.38. The topological polar surface area (TPSA) is 72.9 Å². The monoisotopic (exact) mass is 469 g/mol. The van der Waals surface area contributed by atoms with Crippen molar-refractivity contribution in [3.63, 3.8) is 0 Å². The van der Waals surface area contributed by atoms with E-state index < -0.39 is 22.3 Å². The lowest BCUT2D eigenvalue weighted by molar-refractivity contribution is -0.140. The lowest BCUT2D eigenvalue weighted by Crippen LogP contribution is -2.40. The summed E-state index contributed by atoms with van der Waals surface area (Å²) < 4.78 is 37.0. The Bertz CT molecular complexity index is 1050. The van der Waals surface area contributed by atoms with Crippen LogP contribution in [-0.2, 0) is 26.4 Å². The van der Waals surface area contributed by atoms with Crippen LogP contribution in [0.15, 0.2) is 58.6 Å². The van der Waals surface area contributed by atoms with Gasteiger partial charge >= 0.3 is 16.3 Å². The van der Waals surface area contributed by atoms with Crippen molar-refractivity contribution in [2.45, 2.75) is 12.6 Å². The number of rotatable bonds is 3. The van der Waals surface area contributed by atoms with Gasteiger partial charge in [0.25, 0.3) is 0 Å². The Morgan fingerprint density at radius 2 is 2.04 bits per heavy atom.